The fourth-order valence-corrected chi connectivity index (χ4v) is 2.91. The first kappa shape index (κ1) is 15.7. The number of piperidine rings is 1. The first-order chi connectivity index (χ1) is 10.1. The van der Waals surface area contributed by atoms with Crippen LogP contribution in [0.15, 0.2) is 6.07 Å². The van der Waals surface area contributed by atoms with Gasteiger partial charge in [0.15, 0.2) is 0 Å². The van der Waals surface area contributed by atoms with Gasteiger partial charge in [0.25, 0.3) is 0 Å². The van der Waals surface area contributed by atoms with Crippen molar-refractivity contribution >= 4 is 11.9 Å². The van der Waals surface area contributed by atoms with E-state index in [9.17, 15) is 4.79 Å². The van der Waals surface area contributed by atoms with Crippen molar-refractivity contribution in [2.24, 2.45) is 5.41 Å². The SMILES string of the molecule is CCCC1(C(=O)Nc2nc(C)cc(OC)n2)CCNCC1. The summed E-state index contributed by atoms with van der Waals surface area (Å²) in [5, 5.41) is 6.20. The lowest BCUT2D eigenvalue weighted by atomic mass is 9.74. The standard InChI is InChI=1S/C15H24N4O2/c1-4-5-15(6-8-16-9-7-15)13(20)19-14-17-11(2)10-12(18-14)21-3/h10,16H,4-9H2,1-3H3,(H,17,18,19,20). The van der Waals surface area contributed by atoms with E-state index in [0.29, 0.717) is 11.8 Å². The van der Waals surface area contributed by atoms with Crippen LogP contribution in [0.1, 0.15) is 38.3 Å². The molecule has 0 bridgehead atoms. The number of hydrogen-bond acceptors (Lipinski definition) is 5. The maximum Gasteiger partial charge on any atom is 0.233 e. The van der Waals surface area contributed by atoms with Gasteiger partial charge in [-0.2, -0.15) is 4.98 Å². The van der Waals surface area contributed by atoms with Gasteiger partial charge >= 0.3 is 0 Å². The predicted molar refractivity (Wildman–Crippen MR) is 81.4 cm³/mol. The van der Waals surface area contributed by atoms with Crippen LogP contribution < -0.4 is 15.4 Å². The highest BCUT2D eigenvalue weighted by Gasteiger charge is 2.38. The molecule has 1 aromatic heterocycles. The van der Waals surface area contributed by atoms with Crippen molar-refractivity contribution < 1.29 is 9.53 Å². The van der Waals surface area contributed by atoms with Crippen LogP contribution >= 0.6 is 0 Å². The smallest absolute Gasteiger partial charge is 0.233 e. The van der Waals surface area contributed by atoms with E-state index in [1.165, 1.54) is 0 Å². The molecule has 2 N–H and O–H groups in total. The number of amides is 1. The number of aryl methyl sites for hydroxylation is 1. The molecule has 1 amide bonds. The number of hydrogen-bond donors (Lipinski definition) is 2. The Labute approximate surface area is 125 Å². The minimum absolute atomic E-state index is 0.0264. The molecular formula is C15H24N4O2. The van der Waals surface area contributed by atoms with Crippen molar-refractivity contribution in [1.29, 1.82) is 0 Å². The van der Waals surface area contributed by atoms with Gasteiger partial charge in [-0.05, 0) is 39.3 Å². The molecule has 6 heteroatoms. The summed E-state index contributed by atoms with van der Waals surface area (Å²) in [7, 11) is 1.55. The Kier molecular flexibility index (Phi) is 5.12. The molecule has 116 valence electrons. The number of carbonyl (C=O) groups excluding carboxylic acids is 1. The molecule has 2 rings (SSSR count). The van der Waals surface area contributed by atoms with Crippen molar-refractivity contribution in [1.82, 2.24) is 15.3 Å². The third-order valence-corrected chi connectivity index (χ3v) is 4.04. The van der Waals surface area contributed by atoms with E-state index >= 15 is 0 Å². The third-order valence-electron chi connectivity index (χ3n) is 4.04. The van der Waals surface area contributed by atoms with Gasteiger partial charge in [-0.25, -0.2) is 4.98 Å². The summed E-state index contributed by atoms with van der Waals surface area (Å²) in [6.07, 6.45) is 3.60. The van der Waals surface area contributed by atoms with Crippen LogP contribution in [0, 0.1) is 12.3 Å². The second-order valence-corrected chi connectivity index (χ2v) is 5.61. The summed E-state index contributed by atoms with van der Waals surface area (Å²) in [5.74, 6) is 0.817. The molecule has 0 atom stereocenters. The molecule has 2 heterocycles. The molecule has 1 fully saturated rings. The molecule has 21 heavy (non-hydrogen) atoms. The topological polar surface area (TPSA) is 76.1 Å². The lowest BCUT2D eigenvalue weighted by Gasteiger charge is -2.35. The van der Waals surface area contributed by atoms with Crippen LogP contribution in [0.25, 0.3) is 0 Å². The number of rotatable bonds is 5. The highest BCUT2D eigenvalue weighted by atomic mass is 16.5. The van der Waals surface area contributed by atoms with Crippen LogP contribution in [0.5, 0.6) is 5.88 Å². The number of anilines is 1. The lowest BCUT2D eigenvalue weighted by Crippen LogP contribution is -2.45. The lowest BCUT2D eigenvalue weighted by molar-refractivity contribution is -0.127. The second kappa shape index (κ2) is 6.85. The Balaban J connectivity index is 2.16. The maximum absolute atomic E-state index is 12.7. The van der Waals surface area contributed by atoms with E-state index < -0.39 is 0 Å². The largest absolute Gasteiger partial charge is 0.481 e. The van der Waals surface area contributed by atoms with Crippen LogP contribution in [0.4, 0.5) is 5.95 Å². The predicted octanol–water partition coefficient (Wildman–Crippen LogP) is 1.90. The Morgan fingerprint density at radius 3 is 2.76 bits per heavy atom. The molecule has 0 radical (unpaired) electrons. The summed E-state index contributed by atoms with van der Waals surface area (Å²) in [5.41, 5.74) is 0.465. The highest BCUT2D eigenvalue weighted by molar-refractivity contribution is 5.94. The van der Waals surface area contributed by atoms with Crippen molar-refractivity contribution in [3.63, 3.8) is 0 Å². The average Bonchev–Trinajstić information content (AvgIpc) is 2.47. The summed E-state index contributed by atoms with van der Waals surface area (Å²) >= 11 is 0. The molecule has 1 aliphatic heterocycles. The normalized spacial score (nSPS) is 17.3. The van der Waals surface area contributed by atoms with E-state index in [1.54, 1.807) is 13.2 Å². The number of aromatic nitrogens is 2. The van der Waals surface area contributed by atoms with Crippen LogP contribution in [-0.4, -0.2) is 36.1 Å². The van der Waals surface area contributed by atoms with Gasteiger partial charge in [0.1, 0.15) is 0 Å². The molecule has 1 aliphatic rings. The third kappa shape index (κ3) is 3.69. The monoisotopic (exact) mass is 292 g/mol. The molecular weight excluding hydrogens is 268 g/mol. The number of ether oxygens (including phenoxy) is 1. The van der Waals surface area contributed by atoms with Gasteiger partial charge < -0.3 is 10.1 Å². The molecule has 6 nitrogen and oxygen atoms in total. The van der Waals surface area contributed by atoms with E-state index in [-0.39, 0.29) is 11.3 Å². The molecule has 0 aromatic carbocycles. The van der Waals surface area contributed by atoms with Crippen LogP contribution in [-0.2, 0) is 4.79 Å². The molecule has 0 unspecified atom stereocenters. The first-order valence-electron chi connectivity index (χ1n) is 7.51. The Hall–Kier alpha value is -1.69. The fourth-order valence-electron chi connectivity index (χ4n) is 2.91. The van der Waals surface area contributed by atoms with Crippen LogP contribution in [0.3, 0.4) is 0 Å². The minimum Gasteiger partial charge on any atom is -0.481 e. The highest BCUT2D eigenvalue weighted by Crippen LogP contribution is 2.35. The molecule has 0 spiro atoms. The Bertz CT molecular complexity index is 493. The van der Waals surface area contributed by atoms with Gasteiger partial charge in [0.2, 0.25) is 17.7 Å². The van der Waals surface area contributed by atoms with E-state index in [0.717, 1.165) is 44.5 Å². The first-order valence-corrected chi connectivity index (χ1v) is 7.51. The number of carbonyl (C=O) groups is 1. The van der Waals surface area contributed by atoms with Crippen molar-refractivity contribution in [3.8, 4) is 5.88 Å². The van der Waals surface area contributed by atoms with Crippen molar-refractivity contribution in [2.45, 2.75) is 39.5 Å². The number of methoxy groups -OCH3 is 1. The Morgan fingerprint density at radius 1 is 1.43 bits per heavy atom. The van der Waals surface area contributed by atoms with Crippen LogP contribution in [0.2, 0.25) is 0 Å². The zero-order chi connectivity index (χ0) is 15.3. The second-order valence-electron chi connectivity index (χ2n) is 5.61. The zero-order valence-electron chi connectivity index (χ0n) is 13.0. The maximum atomic E-state index is 12.7. The Morgan fingerprint density at radius 2 is 2.14 bits per heavy atom. The summed E-state index contributed by atoms with van der Waals surface area (Å²) < 4.78 is 5.12. The van der Waals surface area contributed by atoms with Gasteiger partial charge in [-0.15, -0.1) is 0 Å². The zero-order valence-corrected chi connectivity index (χ0v) is 13.0. The molecule has 0 saturated carbocycles. The van der Waals surface area contributed by atoms with Gasteiger partial charge in [0.05, 0.1) is 12.5 Å². The minimum atomic E-state index is -0.305. The molecule has 1 aromatic rings. The summed E-state index contributed by atoms with van der Waals surface area (Å²) in [6, 6.07) is 1.74. The summed E-state index contributed by atoms with van der Waals surface area (Å²) in [6.45, 7) is 5.73. The van der Waals surface area contributed by atoms with Crippen molar-refractivity contribution in [3.05, 3.63) is 11.8 Å². The summed E-state index contributed by atoms with van der Waals surface area (Å²) in [4.78, 5) is 21.2. The quantitative estimate of drug-likeness (QED) is 0.867. The van der Waals surface area contributed by atoms with E-state index in [2.05, 4.69) is 27.5 Å². The molecule has 1 saturated heterocycles. The van der Waals surface area contributed by atoms with E-state index in [4.69, 9.17) is 4.74 Å². The van der Waals surface area contributed by atoms with Gasteiger partial charge in [-0.1, -0.05) is 13.3 Å². The van der Waals surface area contributed by atoms with Gasteiger partial charge in [-0.3, -0.25) is 10.1 Å². The fraction of sp³-hybridized carbons (Fsp3) is 0.667. The molecule has 0 aliphatic carbocycles. The van der Waals surface area contributed by atoms with E-state index in [1.807, 2.05) is 6.92 Å². The van der Waals surface area contributed by atoms with Gasteiger partial charge in [0, 0.05) is 11.8 Å². The van der Waals surface area contributed by atoms with Crippen molar-refractivity contribution in [2.75, 3.05) is 25.5 Å². The number of nitrogens with one attached hydrogen (secondary N) is 2. The number of nitrogens with zero attached hydrogens (tertiary/aromatic N) is 2. The average molecular weight is 292 g/mol.